The van der Waals surface area contributed by atoms with Crippen LogP contribution in [-0.4, -0.2) is 44.9 Å². The lowest BCUT2D eigenvalue weighted by Gasteiger charge is -2.26. The SMILES string of the molecule is CC(C)(C)c1ccc(C(=O)Nc2cc(S(=O)(=O)N3CCOCC3)ccc2Cl)cc1. The second-order valence-corrected chi connectivity index (χ2v) is 10.3. The third kappa shape index (κ3) is 4.98. The van der Waals surface area contributed by atoms with E-state index >= 15 is 0 Å². The first-order valence-electron chi connectivity index (χ1n) is 9.38. The lowest BCUT2D eigenvalue weighted by molar-refractivity contribution is 0.0730. The van der Waals surface area contributed by atoms with Crippen molar-refractivity contribution < 1.29 is 17.9 Å². The van der Waals surface area contributed by atoms with E-state index in [4.69, 9.17) is 16.3 Å². The first kappa shape index (κ1) is 21.8. The molecule has 0 saturated carbocycles. The van der Waals surface area contributed by atoms with Crippen LogP contribution in [0.4, 0.5) is 5.69 Å². The zero-order chi connectivity index (χ0) is 21.2. The number of rotatable bonds is 4. The minimum atomic E-state index is -3.68. The number of sulfonamides is 1. The molecule has 2 aromatic rings. The number of hydrogen-bond donors (Lipinski definition) is 1. The molecule has 1 fully saturated rings. The van der Waals surface area contributed by atoms with Crippen molar-refractivity contribution >= 4 is 33.2 Å². The van der Waals surface area contributed by atoms with Gasteiger partial charge in [-0.1, -0.05) is 44.5 Å². The van der Waals surface area contributed by atoms with Crippen LogP contribution in [-0.2, 0) is 20.2 Å². The summed E-state index contributed by atoms with van der Waals surface area (Å²) in [5.74, 6) is -0.353. The maximum absolute atomic E-state index is 12.9. The number of amides is 1. The van der Waals surface area contributed by atoms with Gasteiger partial charge in [-0.2, -0.15) is 4.31 Å². The number of anilines is 1. The summed E-state index contributed by atoms with van der Waals surface area (Å²) in [4.78, 5) is 12.7. The molecule has 2 aromatic carbocycles. The molecule has 6 nitrogen and oxygen atoms in total. The molecule has 1 saturated heterocycles. The van der Waals surface area contributed by atoms with Crippen LogP contribution in [0.25, 0.3) is 0 Å². The van der Waals surface area contributed by atoms with Crippen LogP contribution in [0.1, 0.15) is 36.7 Å². The maximum Gasteiger partial charge on any atom is 0.255 e. The van der Waals surface area contributed by atoms with Crippen molar-refractivity contribution in [1.82, 2.24) is 4.31 Å². The molecule has 3 rings (SSSR count). The predicted octanol–water partition coefficient (Wildman–Crippen LogP) is 3.91. The van der Waals surface area contributed by atoms with Crippen molar-refractivity contribution in [3.8, 4) is 0 Å². The Hall–Kier alpha value is -1.93. The van der Waals surface area contributed by atoms with Gasteiger partial charge in [0.2, 0.25) is 10.0 Å². The van der Waals surface area contributed by atoms with E-state index in [9.17, 15) is 13.2 Å². The van der Waals surface area contributed by atoms with Gasteiger partial charge >= 0.3 is 0 Å². The minimum absolute atomic E-state index is 0.0134. The van der Waals surface area contributed by atoms with Crippen LogP contribution in [0.5, 0.6) is 0 Å². The Balaban J connectivity index is 1.82. The van der Waals surface area contributed by atoms with E-state index in [1.165, 1.54) is 22.5 Å². The molecule has 8 heteroatoms. The van der Waals surface area contributed by atoms with Gasteiger partial charge < -0.3 is 10.1 Å². The van der Waals surface area contributed by atoms with Gasteiger partial charge in [0.05, 0.1) is 28.8 Å². The minimum Gasteiger partial charge on any atom is -0.379 e. The Morgan fingerprint density at radius 3 is 2.28 bits per heavy atom. The molecule has 1 heterocycles. The fraction of sp³-hybridized carbons (Fsp3) is 0.381. The molecule has 29 heavy (non-hydrogen) atoms. The van der Waals surface area contributed by atoms with Gasteiger partial charge in [-0.05, 0) is 41.3 Å². The highest BCUT2D eigenvalue weighted by atomic mass is 35.5. The van der Waals surface area contributed by atoms with Crippen LogP contribution < -0.4 is 5.32 Å². The number of benzene rings is 2. The molecule has 0 radical (unpaired) electrons. The van der Waals surface area contributed by atoms with E-state index in [1.54, 1.807) is 12.1 Å². The number of morpholine rings is 1. The Kier molecular flexibility index (Phi) is 6.33. The summed E-state index contributed by atoms with van der Waals surface area (Å²) >= 11 is 6.21. The molecule has 0 aromatic heterocycles. The first-order chi connectivity index (χ1) is 13.6. The van der Waals surface area contributed by atoms with Crippen LogP contribution in [0.2, 0.25) is 5.02 Å². The molecule has 1 aliphatic rings. The maximum atomic E-state index is 12.9. The second kappa shape index (κ2) is 8.44. The van der Waals surface area contributed by atoms with E-state index in [1.807, 2.05) is 12.1 Å². The average molecular weight is 437 g/mol. The number of carbonyl (C=O) groups excluding carboxylic acids is 1. The Labute approximate surface area is 176 Å². The summed E-state index contributed by atoms with van der Waals surface area (Å²) in [7, 11) is -3.68. The summed E-state index contributed by atoms with van der Waals surface area (Å²) < 4.78 is 32.3. The van der Waals surface area contributed by atoms with Gasteiger partial charge in [0.15, 0.2) is 0 Å². The van der Waals surface area contributed by atoms with Gasteiger partial charge in [0.1, 0.15) is 0 Å². The molecule has 156 valence electrons. The Morgan fingerprint density at radius 1 is 1.07 bits per heavy atom. The van der Waals surface area contributed by atoms with Crippen molar-refractivity contribution in [3.05, 3.63) is 58.6 Å². The topological polar surface area (TPSA) is 75.7 Å². The Morgan fingerprint density at radius 2 is 1.69 bits per heavy atom. The highest BCUT2D eigenvalue weighted by Crippen LogP contribution is 2.28. The van der Waals surface area contributed by atoms with Gasteiger partial charge in [0, 0.05) is 18.7 Å². The van der Waals surface area contributed by atoms with Gasteiger partial charge in [0.25, 0.3) is 5.91 Å². The normalized spacial score (nSPS) is 15.9. The summed E-state index contributed by atoms with van der Waals surface area (Å²) in [6.07, 6.45) is 0. The summed E-state index contributed by atoms with van der Waals surface area (Å²) in [5, 5.41) is 2.99. The average Bonchev–Trinajstić information content (AvgIpc) is 2.69. The van der Waals surface area contributed by atoms with Crippen molar-refractivity contribution in [2.24, 2.45) is 0 Å². The number of hydrogen-bond acceptors (Lipinski definition) is 4. The van der Waals surface area contributed by atoms with Crippen LogP contribution >= 0.6 is 11.6 Å². The summed E-state index contributed by atoms with van der Waals surface area (Å²) in [6.45, 7) is 7.62. The van der Waals surface area contributed by atoms with E-state index in [0.717, 1.165) is 5.56 Å². The van der Waals surface area contributed by atoms with Crippen LogP contribution in [0.3, 0.4) is 0 Å². The zero-order valence-corrected chi connectivity index (χ0v) is 18.3. The molecule has 0 unspecified atom stereocenters. The lowest BCUT2D eigenvalue weighted by atomic mass is 9.87. The van der Waals surface area contributed by atoms with Crippen molar-refractivity contribution in [3.63, 3.8) is 0 Å². The lowest BCUT2D eigenvalue weighted by Crippen LogP contribution is -2.40. The molecule has 1 amide bonds. The highest BCUT2D eigenvalue weighted by molar-refractivity contribution is 7.89. The van der Waals surface area contributed by atoms with Crippen molar-refractivity contribution in [2.45, 2.75) is 31.1 Å². The fourth-order valence-corrected chi connectivity index (χ4v) is 4.61. The number of ether oxygens (including phenoxy) is 1. The van der Waals surface area contributed by atoms with Gasteiger partial charge in [-0.15, -0.1) is 0 Å². The van der Waals surface area contributed by atoms with E-state index in [-0.39, 0.29) is 26.9 Å². The third-order valence-electron chi connectivity index (χ3n) is 4.81. The summed E-state index contributed by atoms with van der Waals surface area (Å²) in [6, 6.07) is 11.6. The van der Waals surface area contributed by atoms with E-state index in [2.05, 4.69) is 26.1 Å². The molecule has 1 N–H and O–H groups in total. The molecular formula is C21H25ClN2O4S. The molecule has 0 spiro atoms. The smallest absolute Gasteiger partial charge is 0.255 e. The van der Waals surface area contributed by atoms with E-state index < -0.39 is 10.0 Å². The first-order valence-corrected chi connectivity index (χ1v) is 11.2. The fourth-order valence-electron chi connectivity index (χ4n) is 3.01. The van der Waals surface area contributed by atoms with Crippen LogP contribution in [0.15, 0.2) is 47.4 Å². The van der Waals surface area contributed by atoms with Crippen molar-refractivity contribution in [1.29, 1.82) is 0 Å². The van der Waals surface area contributed by atoms with Crippen LogP contribution in [0, 0.1) is 0 Å². The quantitative estimate of drug-likeness (QED) is 0.788. The van der Waals surface area contributed by atoms with Crippen molar-refractivity contribution in [2.75, 3.05) is 31.6 Å². The molecule has 0 bridgehead atoms. The molecule has 1 aliphatic heterocycles. The Bertz CT molecular complexity index is 992. The largest absolute Gasteiger partial charge is 0.379 e. The van der Waals surface area contributed by atoms with Gasteiger partial charge in [-0.3, -0.25) is 4.79 Å². The number of carbonyl (C=O) groups is 1. The number of halogens is 1. The molecule has 0 aliphatic carbocycles. The second-order valence-electron chi connectivity index (χ2n) is 7.94. The number of nitrogens with zero attached hydrogens (tertiary/aromatic N) is 1. The highest BCUT2D eigenvalue weighted by Gasteiger charge is 2.27. The van der Waals surface area contributed by atoms with Gasteiger partial charge in [-0.25, -0.2) is 8.42 Å². The zero-order valence-electron chi connectivity index (χ0n) is 16.7. The monoisotopic (exact) mass is 436 g/mol. The predicted molar refractivity (Wildman–Crippen MR) is 114 cm³/mol. The summed E-state index contributed by atoms with van der Waals surface area (Å²) in [5.41, 5.74) is 1.83. The number of nitrogens with one attached hydrogen (secondary N) is 1. The molecule has 0 atom stereocenters. The molecular weight excluding hydrogens is 412 g/mol. The van der Waals surface area contributed by atoms with E-state index in [0.29, 0.717) is 31.9 Å². The standard InChI is InChI=1S/C21H25ClN2O4S/c1-21(2,3)16-6-4-15(5-7-16)20(25)23-19-14-17(8-9-18(19)22)29(26,27)24-10-12-28-13-11-24/h4-9,14H,10-13H2,1-3H3,(H,23,25). The third-order valence-corrected chi connectivity index (χ3v) is 7.03.